The number of nitrogens with one attached hydrogen (secondary N) is 1. The average Bonchev–Trinajstić information content (AvgIpc) is 2.97. The molecule has 5 nitrogen and oxygen atoms in total. The highest BCUT2D eigenvalue weighted by Crippen LogP contribution is 2.29. The fourth-order valence-electron chi connectivity index (χ4n) is 2.22. The van der Waals surface area contributed by atoms with E-state index >= 15 is 0 Å². The quantitative estimate of drug-likeness (QED) is 0.829. The molecule has 5 heteroatoms. The molecule has 0 fully saturated rings. The third-order valence-electron chi connectivity index (χ3n) is 3.42. The summed E-state index contributed by atoms with van der Waals surface area (Å²) in [5.41, 5.74) is 0.849. The van der Waals surface area contributed by atoms with Crippen LogP contribution in [-0.2, 0) is 4.79 Å². The van der Waals surface area contributed by atoms with Crippen molar-refractivity contribution in [1.29, 1.82) is 0 Å². The lowest BCUT2D eigenvalue weighted by Crippen LogP contribution is -2.25. The Kier molecular flexibility index (Phi) is 5.46. The largest absolute Gasteiger partial charge is 0.497 e. The van der Waals surface area contributed by atoms with Crippen LogP contribution in [0.15, 0.2) is 40.8 Å². The predicted molar refractivity (Wildman–Crippen MR) is 88.6 cm³/mol. The molecule has 0 aliphatic heterocycles. The van der Waals surface area contributed by atoms with Crippen LogP contribution in [-0.4, -0.2) is 20.1 Å². The minimum Gasteiger partial charge on any atom is -0.497 e. The molecule has 1 unspecified atom stereocenters. The van der Waals surface area contributed by atoms with E-state index in [4.69, 9.17) is 13.9 Å². The maximum Gasteiger partial charge on any atom is 0.244 e. The topological polar surface area (TPSA) is 60.7 Å². The number of benzene rings is 1. The van der Waals surface area contributed by atoms with Crippen molar-refractivity contribution >= 4 is 12.0 Å². The summed E-state index contributed by atoms with van der Waals surface area (Å²) >= 11 is 0. The van der Waals surface area contributed by atoms with E-state index in [1.54, 1.807) is 20.3 Å². The summed E-state index contributed by atoms with van der Waals surface area (Å²) in [5.74, 6) is 2.65. The zero-order valence-electron chi connectivity index (χ0n) is 13.8. The Morgan fingerprint density at radius 2 is 2.00 bits per heavy atom. The summed E-state index contributed by atoms with van der Waals surface area (Å²) in [6.45, 7) is 3.74. The first-order chi connectivity index (χ1) is 11.0. The average molecular weight is 315 g/mol. The van der Waals surface area contributed by atoms with Gasteiger partial charge >= 0.3 is 0 Å². The number of rotatable bonds is 6. The lowest BCUT2D eigenvalue weighted by atomic mass is 10.1. The standard InChI is InChI=1S/C18H21NO4/c1-12-5-6-14(23-12)8-10-18(20)19-13(2)16-11-15(21-3)7-9-17(16)22-4/h5-11,13H,1-4H3,(H,19,20)/b10-8+. The first kappa shape index (κ1) is 16.7. The molecule has 0 aliphatic rings. The molecule has 1 N–H and O–H groups in total. The van der Waals surface area contributed by atoms with E-state index in [0.29, 0.717) is 17.3 Å². The molecule has 1 aromatic heterocycles. The van der Waals surface area contributed by atoms with E-state index in [1.165, 1.54) is 6.08 Å². The van der Waals surface area contributed by atoms with Crippen LogP contribution in [0, 0.1) is 6.92 Å². The molecule has 1 amide bonds. The molecule has 1 atom stereocenters. The Morgan fingerprint density at radius 3 is 2.61 bits per heavy atom. The third kappa shape index (κ3) is 4.39. The minimum absolute atomic E-state index is 0.212. The molecule has 0 spiro atoms. The van der Waals surface area contributed by atoms with Crippen LogP contribution in [0.4, 0.5) is 0 Å². The molecule has 0 bridgehead atoms. The van der Waals surface area contributed by atoms with Gasteiger partial charge in [0.05, 0.1) is 20.3 Å². The molecule has 2 aromatic rings. The molecule has 0 radical (unpaired) electrons. The van der Waals surface area contributed by atoms with Crippen molar-refractivity contribution in [2.75, 3.05) is 14.2 Å². The van der Waals surface area contributed by atoms with Crippen molar-refractivity contribution in [3.05, 3.63) is 53.5 Å². The molecule has 0 aliphatic carbocycles. The summed E-state index contributed by atoms with van der Waals surface area (Å²) in [7, 11) is 3.20. The van der Waals surface area contributed by atoms with Gasteiger partial charge in [-0.25, -0.2) is 0 Å². The molecule has 1 heterocycles. The molecular weight excluding hydrogens is 294 g/mol. The van der Waals surface area contributed by atoms with Gasteiger partial charge in [-0.1, -0.05) is 0 Å². The predicted octanol–water partition coefficient (Wildman–Crippen LogP) is 3.50. The van der Waals surface area contributed by atoms with Crippen LogP contribution < -0.4 is 14.8 Å². The Morgan fingerprint density at radius 1 is 1.22 bits per heavy atom. The van der Waals surface area contributed by atoms with Crippen molar-refractivity contribution in [1.82, 2.24) is 5.32 Å². The number of carbonyl (C=O) groups excluding carboxylic acids is 1. The SMILES string of the molecule is COc1ccc(OC)c(C(C)NC(=O)/C=C/c2ccc(C)o2)c1. The van der Waals surface area contributed by atoms with Crippen molar-refractivity contribution < 1.29 is 18.7 Å². The number of aryl methyl sites for hydroxylation is 1. The molecule has 1 aromatic carbocycles. The summed E-state index contributed by atoms with van der Waals surface area (Å²) in [6, 6.07) is 8.92. The first-order valence-electron chi connectivity index (χ1n) is 7.30. The number of methoxy groups -OCH3 is 2. The van der Waals surface area contributed by atoms with E-state index in [1.807, 2.05) is 44.2 Å². The Hall–Kier alpha value is -2.69. The highest BCUT2D eigenvalue weighted by atomic mass is 16.5. The third-order valence-corrected chi connectivity index (χ3v) is 3.42. The van der Waals surface area contributed by atoms with E-state index in [0.717, 1.165) is 11.3 Å². The van der Waals surface area contributed by atoms with Gasteiger partial charge in [0.2, 0.25) is 5.91 Å². The Bertz CT molecular complexity index is 703. The maximum atomic E-state index is 12.0. The number of hydrogen-bond donors (Lipinski definition) is 1. The Balaban J connectivity index is 2.07. The van der Waals surface area contributed by atoms with Gasteiger partial charge in [0, 0.05) is 11.6 Å². The zero-order chi connectivity index (χ0) is 16.8. The van der Waals surface area contributed by atoms with E-state index in [9.17, 15) is 4.79 Å². The second-order valence-corrected chi connectivity index (χ2v) is 5.12. The lowest BCUT2D eigenvalue weighted by molar-refractivity contribution is -0.117. The van der Waals surface area contributed by atoms with Gasteiger partial charge in [-0.05, 0) is 50.3 Å². The van der Waals surface area contributed by atoms with Gasteiger partial charge in [0.15, 0.2) is 0 Å². The zero-order valence-corrected chi connectivity index (χ0v) is 13.8. The first-order valence-corrected chi connectivity index (χ1v) is 7.30. The molecule has 0 saturated heterocycles. The smallest absolute Gasteiger partial charge is 0.244 e. The summed E-state index contributed by atoms with van der Waals surface area (Å²) in [6.07, 6.45) is 3.08. The van der Waals surface area contributed by atoms with Gasteiger partial charge in [-0.3, -0.25) is 4.79 Å². The second kappa shape index (κ2) is 7.54. The van der Waals surface area contributed by atoms with Crippen molar-refractivity contribution in [3.8, 4) is 11.5 Å². The summed E-state index contributed by atoms with van der Waals surface area (Å²) < 4.78 is 15.9. The van der Waals surface area contributed by atoms with Crippen LogP contribution in [0.2, 0.25) is 0 Å². The number of carbonyl (C=O) groups is 1. The van der Waals surface area contributed by atoms with E-state index in [-0.39, 0.29) is 11.9 Å². The maximum absolute atomic E-state index is 12.0. The van der Waals surface area contributed by atoms with Gasteiger partial charge < -0.3 is 19.2 Å². The molecule has 122 valence electrons. The van der Waals surface area contributed by atoms with Gasteiger partial charge in [0.25, 0.3) is 0 Å². The fraction of sp³-hybridized carbons (Fsp3) is 0.278. The van der Waals surface area contributed by atoms with Gasteiger partial charge in [0.1, 0.15) is 23.0 Å². The Labute approximate surface area is 135 Å². The normalized spacial score (nSPS) is 12.2. The lowest BCUT2D eigenvalue weighted by Gasteiger charge is -2.17. The van der Waals surface area contributed by atoms with Crippen molar-refractivity contribution in [3.63, 3.8) is 0 Å². The van der Waals surface area contributed by atoms with Crippen molar-refractivity contribution in [2.45, 2.75) is 19.9 Å². The number of hydrogen-bond acceptors (Lipinski definition) is 4. The number of ether oxygens (including phenoxy) is 2. The van der Waals surface area contributed by atoms with Crippen LogP contribution >= 0.6 is 0 Å². The highest BCUT2D eigenvalue weighted by molar-refractivity contribution is 5.91. The highest BCUT2D eigenvalue weighted by Gasteiger charge is 2.14. The van der Waals surface area contributed by atoms with Gasteiger partial charge in [-0.2, -0.15) is 0 Å². The van der Waals surface area contributed by atoms with Crippen LogP contribution in [0.5, 0.6) is 11.5 Å². The van der Waals surface area contributed by atoms with E-state index < -0.39 is 0 Å². The summed E-state index contributed by atoms with van der Waals surface area (Å²) in [4.78, 5) is 12.0. The van der Waals surface area contributed by atoms with Crippen LogP contribution in [0.3, 0.4) is 0 Å². The molecule has 0 saturated carbocycles. The van der Waals surface area contributed by atoms with Crippen molar-refractivity contribution in [2.24, 2.45) is 0 Å². The second-order valence-electron chi connectivity index (χ2n) is 5.12. The minimum atomic E-state index is -0.226. The number of furan rings is 1. The van der Waals surface area contributed by atoms with Crippen LogP contribution in [0.1, 0.15) is 30.0 Å². The van der Waals surface area contributed by atoms with E-state index in [2.05, 4.69) is 5.32 Å². The molecule has 2 rings (SSSR count). The number of amides is 1. The van der Waals surface area contributed by atoms with Crippen LogP contribution in [0.25, 0.3) is 6.08 Å². The molecular formula is C18H21NO4. The monoisotopic (exact) mass is 315 g/mol. The van der Waals surface area contributed by atoms with Gasteiger partial charge in [-0.15, -0.1) is 0 Å². The summed E-state index contributed by atoms with van der Waals surface area (Å²) in [5, 5.41) is 2.90. The fourth-order valence-corrected chi connectivity index (χ4v) is 2.22. The molecule has 23 heavy (non-hydrogen) atoms.